The number of halogens is 2. The topological polar surface area (TPSA) is 43.0 Å². The molecule has 0 fully saturated rings. The Morgan fingerprint density at radius 2 is 1.21 bits per heavy atom. The molecule has 0 aliphatic rings. The van der Waals surface area contributed by atoms with Crippen LogP contribution in [0.25, 0.3) is 0 Å². The molecule has 2 aromatic rings. The first-order chi connectivity index (χ1) is 6.46. The van der Waals surface area contributed by atoms with Crippen LogP contribution in [0.2, 0.25) is 0 Å². The van der Waals surface area contributed by atoms with E-state index >= 15 is 0 Å². The highest BCUT2D eigenvalue weighted by Crippen LogP contribution is 2.16. The summed E-state index contributed by atoms with van der Waals surface area (Å²) >= 11 is 6.31. The third-order valence-electron chi connectivity index (χ3n) is 2.23. The number of aromatic nitrogens is 2. The summed E-state index contributed by atoms with van der Waals surface area (Å²) < 4.78 is 3.58. The molecule has 0 N–H and O–H groups in total. The molecule has 0 saturated carbocycles. The van der Waals surface area contributed by atoms with Gasteiger partial charge in [-0.1, -0.05) is 0 Å². The highest BCUT2D eigenvalue weighted by molar-refractivity contribution is 9.10. The van der Waals surface area contributed by atoms with E-state index in [2.05, 4.69) is 31.9 Å². The van der Waals surface area contributed by atoms with Gasteiger partial charge in [0.15, 0.2) is 0 Å². The molecule has 4 nitrogen and oxygen atoms in total. The average Bonchev–Trinajstić information content (AvgIpc) is 2.51. The van der Waals surface area contributed by atoms with Crippen molar-refractivity contribution < 1.29 is 0 Å². The van der Waals surface area contributed by atoms with Crippen LogP contribution in [-0.2, 0) is 0 Å². The minimum absolute atomic E-state index is 0.318. The lowest BCUT2D eigenvalue weighted by Crippen LogP contribution is -2.22. The molecule has 0 atom stereocenters. The van der Waals surface area contributed by atoms with Crippen LogP contribution in [0, 0.1) is 13.8 Å². The Morgan fingerprint density at radius 1 is 0.857 bits per heavy atom. The predicted molar refractivity (Wildman–Crippen MR) is 59.4 cm³/mol. The number of fused-ring (bicyclic) bond motifs is 1. The average molecular weight is 322 g/mol. The van der Waals surface area contributed by atoms with E-state index < -0.39 is 0 Å². The second-order valence-electron chi connectivity index (χ2n) is 3.03. The molecule has 0 aromatic carbocycles. The summed E-state index contributed by atoms with van der Waals surface area (Å²) in [5, 5.41) is 0. The Bertz CT molecular complexity index is 575. The van der Waals surface area contributed by atoms with Gasteiger partial charge in [0.1, 0.15) is 8.95 Å². The fraction of sp³-hybridized carbons (Fsp3) is 0.250. The molecule has 74 valence electrons. The fourth-order valence-corrected chi connectivity index (χ4v) is 2.18. The molecule has 14 heavy (non-hydrogen) atoms. The van der Waals surface area contributed by atoms with Crippen LogP contribution >= 0.6 is 31.9 Å². The molecule has 0 aliphatic carbocycles. The van der Waals surface area contributed by atoms with Crippen LogP contribution in [0.15, 0.2) is 18.5 Å². The molecule has 0 spiro atoms. The van der Waals surface area contributed by atoms with Gasteiger partial charge in [0.25, 0.3) is 11.1 Å². The smallest absolute Gasteiger partial charge is 0.266 e. The zero-order chi connectivity index (χ0) is 10.6. The lowest BCUT2D eigenvalue weighted by Gasteiger charge is -1.93. The summed E-state index contributed by atoms with van der Waals surface area (Å²) in [4.78, 5) is 23.2. The summed E-state index contributed by atoms with van der Waals surface area (Å²) in [5.41, 5.74) is 0.827. The molecule has 0 bridgehead atoms. The minimum atomic E-state index is -0.318. The SMILES string of the molecule is Cc1c(Br)c(=O)n2c(=O)c(Br)c(C)n12. The Balaban J connectivity index is 3.25. The van der Waals surface area contributed by atoms with E-state index in [0.29, 0.717) is 8.95 Å². The van der Waals surface area contributed by atoms with Crippen LogP contribution in [0.4, 0.5) is 0 Å². The van der Waals surface area contributed by atoms with Gasteiger partial charge >= 0.3 is 0 Å². The molecular weight excluding hydrogens is 316 g/mol. The van der Waals surface area contributed by atoms with E-state index in [-0.39, 0.29) is 11.1 Å². The number of nitrogens with zero attached hydrogens (tertiary/aromatic N) is 2. The first-order valence-electron chi connectivity index (χ1n) is 3.88. The molecule has 0 amide bonds. The standard InChI is InChI=1S/C8H6Br2N2O2/c1-3-5(9)7(13)12-8(14)6(10)4(2)11(3)12/h1-2H3. The van der Waals surface area contributed by atoms with Crippen molar-refractivity contribution in [3.05, 3.63) is 41.0 Å². The van der Waals surface area contributed by atoms with Gasteiger partial charge in [-0.3, -0.25) is 9.59 Å². The van der Waals surface area contributed by atoms with E-state index in [9.17, 15) is 9.59 Å². The van der Waals surface area contributed by atoms with E-state index in [1.54, 1.807) is 18.4 Å². The van der Waals surface area contributed by atoms with Crippen LogP contribution in [0.3, 0.4) is 0 Å². The van der Waals surface area contributed by atoms with E-state index in [1.165, 1.54) is 0 Å². The van der Waals surface area contributed by atoms with Gasteiger partial charge in [0.05, 0.1) is 11.4 Å². The summed E-state index contributed by atoms with van der Waals surface area (Å²) in [6.45, 7) is 3.56. The van der Waals surface area contributed by atoms with Crippen molar-refractivity contribution >= 4 is 31.9 Å². The van der Waals surface area contributed by atoms with Crippen molar-refractivity contribution in [2.45, 2.75) is 13.8 Å². The third kappa shape index (κ3) is 0.980. The number of aryl methyl sites for hydroxylation is 2. The van der Waals surface area contributed by atoms with Crippen molar-refractivity contribution in [1.82, 2.24) is 9.03 Å². The van der Waals surface area contributed by atoms with Crippen molar-refractivity contribution in [2.75, 3.05) is 0 Å². The zero-order valence-electron chi connectivity index (χ0n) is 7.47. The normalized spacial score (nSPS) is 11.4. The number of hydrogen-bond donors (Lipinski definition) is 0. The van der Waals surface area contributed by atoms with Gasteiger partial charge in [0, 0.05) is 0 Å². The monoisotopic (exact) mass is 320 g/mol. The van der Waals surface area contributed by atoms with Crippen molar-refractivity contribution in [2.24, 2.45) is 0 Å². The fourth-order valence-electron chi connectivity index (χ4n) is 1.51. The third-order valence-corrected chi connectivity index (χ3v) is 4.06. The molecule has 0 saturated heterocycles. The molecular formula is C8H6Br2N2O2. The van der Waals surface area contributed by atoms with Crippen molar-refractivity contribution in [3.63, 3.8) is 0 Å². The maximum Gasteiger partial charge on any atom is 0.289 e. The van der Waals surface area contributed by atoms with Crippen LogP contribution < -0.4 is 11.1 Å². The molecule has 2 rings (SSSR count). The summed E-state index contributed by atoms with van der Waals surface area (Å²) in [5.74, 6) is 0. The summed E-state index contributed by atoms with van der Waals surface area (Å²) in [6, 6.07) is 0. The van der Waals surface area contributed by atoms with Gasteiger partial charge in [0.2, 0.25) is 0 Å². The summed E-state index contributed by atoms with van der Waals surface area (Å²) in [7, 11) is 0. The first-order valence-corrected chi connectivity index (χ1v) is 5.47. The second-order valence-corrected chi connectivity index (χ2v) is 4.62. The van der Waals surface area contributed by atoms with Gasteiger partial charge in [-0.15, -0.1) is 0 Å². The Labute approximate surface area is 95.7 Å². The van der Waals surface area contributed by atoms with Crippen molar-refractivity contribution in [1.29, 1.82) is 0 Å². The molecule has 2 aromatic heterocycles. The Morgan fingerprint density at radius 3 is 1.50 bits per heavy atom. The Hall–Kier alpha value is -0.620. The Kier molecular flexibility index (Phi) is 2.08. The van der Waals surface area contributed by atoms with Crippen LogP contribution in [0.1, 0.15) is 11.4 Å². The van der Waals surface area contributed by atoms with Crippen LogP contribution in [-0.4, -0.2) is 9.03 Å². The highest BCUT2D eigenvalue weighted by Gasteiger charge is 2.18. The highest BCUT2D eigenvalue weighted by atomic mass is 79.9. The summed E-state index contributed by atoms with van der Waals surface area (Å²) in [6.07, 6.45) is 0. The van der Waals surface area contributed by atoms with Gasteiger partial charge < -0.3 is 0 Å². The van der Waals surface area contributed by atoms with Crippen LogP contribution in [0.5, 0.6) is 0 Å². The van der Waals surface area contributed by atoms with Crippen molar-refractivity contribution in [3.8, 4) is 0 Å². The molecule has 0 aliphatic heterocycles. The molecule has 0 unspecified atom stereocenters. The second kappa shape index (κ2) is 2.93. The molecule has 0 radical (unpaired) electrons. The first kappa shape index (κ1) is 9.92. The molecule has 2 heterocycles. The van der Waals surface area contributed by atoms with Gasteiger partial charge in [-0.05, 0) is 45.7 Å². The maximum absolute atomic E-state index is 11.6. The largest absolute Gasteiger partial charge is 0.289 e. The maximum atomic E-state index is 11.6. The zero-order valence-corrected chi connectivity index (χ0v) is 10.6. The number of hydrogen-bond acceptors (Lipinski definition) is 2. The molecule has 6 heteroatoms. The lowest BCUT2D eigenvalue weighted by atomic mass is 10.4. The quantitative estimate of drug-likeness (QED) is 0.735. The van der Waals surface area contributed by atoms with E-state index in [4.69, 9.17) is 0 Å². The predicted octanol–water partition coefficient (Wildman–Crippen LogP) is 1.34. The van der Waals surface area contributed by atoms with E-state index in [0.717, 1.165) is 15.9 Å². The van der Waals surface area contributed by atoms with Gasteiger partial charge in [-0.2, -0.15) is 4.52 Å². The lowest BCUT2D eigenvalue weighted by molar-refractivity contribution is 0.768. The van der Waals surface area contributed by atoms with Gasteiger partial charge in [-0.25, -0.2) is 4.52 Å². The minimum Gasteiger partial charge on any atom is -0.266 e. The van der Waals surface area contributed by atoms with E-state index in [1.807, 2.05) is 0 Å². The number of rotatable bonds is 0.